The van der Waals surface area contributed by atoms with Crippen LogP contribution in [-0.4, -0.2) is 11.8 Å². The monoisotopic (exact) mass is 152 g/mol. The molecule has 0 aliphatic carbocycles. The van der Waals surface area contributed by atoms with Crippen molar-refractivity contribution in [1.82, 2.24) is 5.32 Å². The lowest BCUT2D eigenvalue weighted by molar-refractivity contribution is -0.118. The standard InChI is InChI=1S/C6H4N2OS/c9-5-3-4-1-2-7-10-6(4)8-5/h1H,3H2,(H,8,9). The minimum atomic E-state index is 0.0488. The Bertz CT molecular complexity index is 286. The second-order valence-electron chi connectivity index (χ2n) is 2.04. The molecule has 0 radical (unpaired) electrons. The zero-order valence-corrected chi connectivity index (χ0v) is 5.86. The summed E-state index contributed by atoms with van der Waals surface area (Å²) in [5, 5.41) is 3.56. The lowest BCUT2D eigenvalue weighted by Crippen LogP contribution is -2.12. The Kier molecular flexibility index (Phi) is 1.16. The zero-order chi connectivity index (χ0) is 6.97. The minimum Gasteiger partial charge on any atom is -0.319 e. The Morgan fingerprint density at radius 2 is 2.70 bits per heavy atom. The minimum absolute atomic E-state index is 0.0488. The van der Waals surface area contributed by atoms with Crippen molar-refractivity contribution in [2.75, 3.05) is 0 Å². The van der Waals surface area contributed by atoms with E-state index in [4.69, 9.17) is 0 Å². The maximum absolute atomic E-state index is 10.8. The van der Waals surface area contributed by atoms with Crippen molar-refractivity contribution in [3.63, 3.8) is 0 Å². The van der Waals surface area contributed by atoms with E-state index >= 15 is 0 Å². The molecule has 0 unspecified atom stereocenters. The fraction of sp³-hybridized carbons (Fsp3) is 0.167. The number of carbonyl (C=O) groups is 1. The molecular weight excluding hydrogens is 148 g/mol. The summed E-state index contributed by atoms with van der Waals surface area (Å²) in [7, 11) is 0. The molecule has 2 aliphatic rings. The van der Waals surface area contributed by atoms with E-state index in [0.29, 0.717) is 6.42 Å². The Hall–Kier alpha value is -0.990. The van der Waals surface area contributed by atoms with Gasteiger partial charge in [0.05, 0.1) is 6.42 Å². The second kappa shape index (κ2) is 2.01. The van der Waals surface area contributed by atoms with E-state index in [0.717, 1.165) is 10.6 Å². The molecule has 0 atom stereocenters. The van der Waals surface area contributed by atoms with Gasteiger partial charge in [0.1, 0.15) is 5.03 Å². The van der Waals surface area contributed by atoms with E-state index < -0.39 is 0 Å². The predicted molar refractivity (Wildman–Crippen MR) is 39.4 cm³/mol. The van der Waals surface area contributed by atoms with Crippen LogP contribution in [-0.2, 0) is 4.79 Å². The van der Waals surface area contributed by atoms with E-state index in [1.165, 1.54) is 11.9 Å². The number of nitrogens with zero attached hydrogens (tertiary/aromatic N) is 1. The van der Waals surface area contributed by atoms with Crippen molar-refractivity contribution < 1.29 is 4.79 Å². The van der Waals surface area contributed by atoms with E-state index in [1.807, 2.05) is 0 Å². The van der Waals surface area contributed by atoms with Gasteiger partial charge in [-0.05, 0) is 5.87 Å². The molecule has 1 amide bonds. The van der Waals surface area contributed by atoms with Crippen LogP contribution in [0.1, 0.15) is 6.42 Å². The molecular formula is C6H4N2OS. The van der Waals surface area contributed by atoms with Crippen LogP contribution in [0.2, 0.25) is 0 Å². The quantitative estimate of drug-likeness (QED) is 0.516. The molecule has 3 nitrogen and oxygen atoms in total. The van der Waals surface area contributed by atoms with Crippen LogP contribution in [0.5, 0.6) is 0 Å². The maximum Gasteiger partial charge on any atom is 0.229 e. The van der Waals surface area contributed by atoms with E-state index in [2.05, 4.69) is 15.6 Å². The van der Waals surface area contributed by atoms with Gasteiger partial charge in [-0.2, -0.15) is 4.40 Å². The SMILES string of the molecule is O=C1CC2=C(N1)SN=C=C2. The molecule has 0 bridgehead atoms. The van der Waals surface area contributed by atoms with E-state index in [-0.39, 0.29) is 5.91 Å². The molecule has 0 aromatic carbocycles. The van der Waals surface area contributed by atoms with Gasteiger partial charge in [0.25, 0.3) is 0 Å². The van der Waals surface area contributed by atoms with Crippen LogP contribution < -0.4 is 5.32 Å². The first-order valence-electron chi connectivity index (χ1n) is 2.85. The molecule has 2 aliphatic heterocycles. The van der Waals surface area contributed by atoms with Crippen LogP contribution in [0.25, 0.3) is 0 Å². The summed E-state index contributed by atoms with van der Waals surface area (Å²) in [6, 6.07) is 0. The van der Waals surface area contributed by atoms with Gasteiger partial charge in [0, 0.05) is 23.6 Å². The molecule has 0 spiro atoms. The first kappa shape index (κ1) is 5.77. The lowest BCUT2D eigenvalue weighted by Gasteiger charge is -1.97. The molecule has 4 heteroatoms. The Labute approximate surface area is 62.0 Å². The predicted octanol–water partition coefficient (Wildman–Crippen LogP) is 0.606. The number of amides is 1. The number of allylic oxidation sites excluding steroid dienone is 1. The third kappa shape index (κ3) is 0.781. The van der Waals surface area contributed by atoms with Crippen molar-refractivity contribution in [3.05, 3.63) is 16.7 Å². The Morgan fingerprint density at radius 3 is 3.50 bits per heavy atom. The Balaban J connectivity index is 2.35. The zero-order valence-electron chi connectivity index (χ0n) is 5.05. The van der Waals surface area contributed by atoms with Gasteiger partial charge in [-0.15, -0.1) is 0 Å². The number of rotatable bonds is 0. The van der Waals surface area contributed by atoms with Crippen molar-refractivity contribution in [2.24, 2.45) is 4.40 Å². The highest BCUT2D eigenvalue weighted by molar-refractivity contribution is 8.02. The van der Waals surface area contributed by atoms with Gasteiger partial charge in [-0.25, -0.2) is 0 Å². The molecule has 0 saturated heterocycles. The van der Waals surface area contributed by atoms with Gasteiger partial charge in [-0.3, -0.25) is 4.79 Å². The van der Waals surface area contributed by atoms with Crippen LogP contribution in [0, 0.1) is 0 Å². The third-order valence-electron chi connectivity index (χ3n) is 1.32. The molecule has 2 rings (SSSR count). The average molecular weight is 152 g/mol. The summed E-state index contributed by atoms with van der Waals surface area (Å²) >= 11 is 1.27. The summed E-state index contributed by atoms with van der Waals surface area (Å²) in [5.41, 5.74) is 1.00. The van der Waals surface area contributed by atoms with E-state index in [9.17, 15) is 4.79 Å². The van der Waals surface area contributed by atoms with Crippen LogP contribution >= 0.6 is 11.9 Å². The van der Waals surface area contributed by atoms with Crippen molar-refractivity contribution in [2.45, 2.75) is 6.42 Å². The van der Waals surface area contributed by atoms with Crippen LogP contribution in [0.15, 0.2) is 21.1 Å². The molecule has 0 saturated carbocycles. The topological polar surface area (TPSA) is 41.5 Å². The number of carbonyl (C=O) groups excluding carboxylic acids is 1. The summed E-state index contributed by atoms with van der Waals surface area (Å²) < 4.78 is 3.79. The fourth-order valence-corrected chi connectivity index (χ4v) is 1.48. The largest absolute Gasteiger partial charge is 0.319 e. The normalized spacial score (nSPS) is 21.4. The molecule has 50 valence electrons. The summed E-state index contributed by atoms with van der Waals surface area (Å²) in [5.74, 6) is 2.74. The van der Waals surface area contributed by atoms with Gasteiger partial charge in [-0.1, -0.05) is 0 Å². The van der Waals surface area contributed by atoms with Crippen molar-refractivity contribution in [1.29, 1.82) is 0 Å². The molecule has 2 heterocycles. The highest BCUT2D eigenvalue weighted by Gasteiger charge is 2.20. The summed E-state index contributed by atoms with van der Waals surface area (Å²) in [4.78, 5) is 10.8. The molecule has 0 aromatic heterocycles. The lowest BCUT2D eigenvalue weighted by atomic mass is 10.2. The van der Waals surface area contributed by atoms with Crippen molar-refractivity contribution >= 4 is 23.7 Å². The highest BCUT2D eigenvalue weighted by Crippen LogP contribution is 2.27. The first-order chi connectivity index (χ1) is 4.86. The van der Waals surface area contributed by atoms with Crippen LogP contribution in [0.4, 0.5) is 0 Å². The molecule has 1 N–H and O–H groups in total. The number of hydrogen-bond acceptors (Lipinski definition) is 3. The van der Waals surface area contributed by atoms with Gasteiger partial charge in [0.2, 0.25) is 5.91 Å². The van der Waals surface area contributed by atoms with Gasteiger partial charge >= 0.3 is 0 Å². The summed E-state index contributed by atoms with van der Waals surface area (Å²) in [6.45, 7) is 0. The van der Waals surface area contributed by atoms with E-state index in [1.54, 1.807) is 6.08 Å². The fourth-order valence-electron chi connectivity index (χ4n) is 0.879. The second-order valence-corrected chi connectivity index (χ2v) is 2.81. The number of nitrogens with one attached hydrogen (secondary N) is 1. The van der Waals surface area contributed by atoms with Crippen molar-refractivity contribution in [3.8, 4) is 0 Å². The third-order valence-corrected chi connectivity index (χ3v) is 2.07. The van der Waals surface area contributed by atoms with Gasteiger partial charge in [0.15, 0.2) is 0 Å². The maximum atomic E-state index is 10.8. The molecule has 0 aromatic rings. The smallest absolute Gasteiger partial charge is 0.229 e. The molecule has 10 heavy (non-hydrogen) atoms. The molecule has 0 fully saturated rings. The average Bonchev–Trinajstić information content (AvgIpc) is 2.27. The van der Waals surface area contributed by atoms with Gasteiger partial charge < -0.3 is 5.32 Å². The van der Waals surface area contributed by atoms with Crippen LogP contribution in [0.3, 0.4) is 0 Å². The summed E-state index contributed by atoms with van der Waals surface area (Å²) in [6.07, 6.45) is 2.22. The first-order valence-corrected chi connectivity index (χ1v) is 3.62. The Morgan fingerprint density at radius 1 is 1.80 bits per heavy atom. The number of hydrogen-bond donors (Lipinski definition) is 1. The highest BCUT2D eigenvalue weighted by atomic mass is 32.2.